The number of rotatable bonds is 3. The third-order valence-corrected chi connectivity index (χ3v) is 3.67. The lowest BCUT2D eigenvalue weighted by molar-refractivity contribution is 0.487. The van der Waals surface area contributed by atoms with E-state index in [-0.39, 0.29) is 0 Å². The van der Waals surface area contributed by atoms with E-state index in [4.69, 9.17) is 0 Å². The molecule has 0 amide bonds. The molecule has 2 nitrogen and oxygen atoms in total. The molecule has 1 aromatic heterocycles. The summed E-state index contributed by atoms with van der Waals surface area (Å²) in [5.74, 6) is 0. The van der Waals surface area contributed by atoms with Crippen LogP contribution in [0.1, 0.15) is 11.1 Å². The van der Waals surface area contributed by atoms with Crippen LogP contribution in [0.2, 0.25) is 0 Å². The van der Waals surface area contributed by atoms with Crippen LogP contribution < -0.4 is 0 Å². The highest BCUT2D eigenvalue weighted by Crippen LogP contribution is 2.20. The topological polar surface area (TPSA) is 17.8 Å². The van der Waals surface area contributed by atoms with Crippen LogP contribution in [-0.4, -0.2) is 9.55 Å². The Bertz CT molecular complexity index is 704. The molecule has 0 fully saturated rings. The van der Waals surface area contributed by atoms with Crippen LogP contribution in [0.25, 0.3) is 11.0 Å². The second kappa shape index (κ2) is 5.13. The summed E-state index contributed by atoms with van der Waals surface area (Å²) in [6.45, 7) is 0.256. The van der Waals surface area contributed by atoms with Crippen molar-refractivity contribution < 1.29 is 4.39 Å². The van der Waals surface area contributed by atoms with Crippen molar-refractivity contribution in [1.29, 1.82) is 0 Å². The van der Waals surface area contributed by atoms with Crippen molar-refractivity contribution in [2.24, 2.45) is 0 Å². The molecule has 0 aliphatic rings. The fourth-order valence-electron chi connectivity index (χ4n) is 2.17. The lowest BCUT2D eigenvalue weighted by Crippen LogP contribution is -1.97. The molecule has 4 heteroatoms. The van der Waals surface area contributed by atoms with Gasteiger partial charge in [-0.3, -0.25) is 0 Å². The highest BCUT2D eigenvalue weighted by Gasteiger charge is 2.07. The summed E-state index contributed by atoms with van der Waals surface area (Å²) in [7, 11) is 0. The minimum absolute atomic E-state index is 0.480. The van der Waals surface area contributed by atoms with Crippen molar-refractivity contribution in [2.75, 3.05) is 0 Å². The van der Waals surface area contributed by atoms with Crippen molar-refractivity contribution in [1.82, 2.24) is 9.55 Å². The number of alkyl halides is 1. The normalized spacial score (nSPS) is 11.1. The second-order valence-electron chi connectivity index (χ2n) is 4.42. The Morgan fingerprint density at radius 1 is 1.11 bits per heavy atom. The van der Waals surface area contributed by atoms with E-state index in [9.17, 15) is 4.39 Å². The number of para-hydroxylation sites is 1. The van der Waals surface area contributed by atoms with Gasteiger partial charge >= 0.3 is 0 Å². The quantitative estimate of drug-likeness (QED) is 0.703. The smallest absolute Gasteiger partial charge is 0.117 e. The molecule has 0 aliphatic carbocycles. The zero-order valence-electron chi connectivity index (χ0n) is 10.2. The van der Waals surface area contributed by atoms with Gasteiger partial charge in [-0.2, -0.15) is 0 Å². The minimum Gasteiger partial charge on any atom is -0.326 e. The van der Waals surface area contributed by atoms with E-state index in [0.717, 1.165) is 22.1 Å². The molecule has 0 N–H and O–H groups in total. The highest BCUT2D eigenvalue weighted by molar-refractivity contribution is 9.10. The van der Waals surface area contributed by atoms with E-state index in [1.807, 2.05) is 28.8 Å². The summed E-state index contributed by atoms with van der Waals surface area (Å²) in [6, 6.07) is 13.8. The van der Waals surface area contributed by atoms with Crippen molar-refractivity contribution in [3.05, 3.63) is 64.4 Å². The lowest BCUT2D eigenvalue weighted by atomic mass is 10.2. The maximum Gasteiger partial charge on any atom is 0.117 e. The molecular formula is C15H12BrFN2. The van der Waals surface area contributed by atoms with Gasteiger partial charge in [-0.15, -0.1) is 0 Å². The SMILES string of the molecule is FCc1cccc2c1ncn2Cc1ccc(Br)cc1. The summed E-state index contributed by atoms with van der Waals surface area (Å²) in [6.07, 6.45) is 1.77. The van der Waals surface area contributed by atoms with Gasteiger partial charge in [0.2, 0.25) is 0 Å². The maximum atomic E-state index is 12.9. The molecule has 3 rings (SSSR count). The Kier molecular flexibility index (Phi) is 3.34. The first kappa shape index (κ1) is 12.4. The zero-order chi connectivity index (χ0) is 13.2. The van der Waals surface area contributed by atoms with Gasteiger partial charge in [-0.05, 0) is 23.8 Å². The number of fused-ring (bicyclic) bond motifs is 1. The van der Waals surface area contributed by atoms with Gasteiger partial charge in [-0.25, -0.2) is 9.37 Å². The third-order valence-electron chi connectivity index (χ3n) is 3.14. The molecule has 3 aromatic rings. The fourth-order valence-corrected chi connectivity index (χ4v) is 2.43. The van der Waals surface area contributed by atoms with Crippen molar-refractivity contribution in [2.45, 2.75) is 13.2 Å². The number of hydrogen-bond donors (Lipinski definition) is 0. The summed E-state index contributed by atoms with van der Waals surface area (Å²) >= 11 is 3.42. The molecule has 1 heterocycles. The number of nitrogens with zero attached hydrogens (tertiary/aromatic N) is 2. The third kappa shape index (κ3) is 2.40. The largest absolute Gasteiger partial charge is 0.326 e. The molecule has 0 bridgehead atoms. The van der Waals surface area contributed by atoms with Crippen LogP contribution in [0.4, 0.5) is 4.39 Å². The van der Waals surface area contributed by atoms with Gasteiger partial charge in [0.05, 0.1) is 17.4 Å². The fraction of sp³-hybridized carbons (Fsp3) is 0.133. The molecule has 0 atom stereocenters. The van der Waals surface area contributed by atoms with Gasteiger partial charge in [0.1, 0.15) is 6.67 Å². The number of imidazole rings is 1. The summed E-state index contributed by atoms with van der Waals surface area (Å²) in [5, 5.41) is 0. The molecule has 0 radical (unpaired) electrons. The molecule has 0 unspecified atom stereocenters. The van der Waals surface area contributed by atoms with E-state index in [1.165, 1.54) is 5.56 Å². The molecule has 0 saturated carbocycles. The average Bonchev–Trinajstić information content (AvgIpc) is 2.84. The predicted molar refractivity (Wildman–Crippen MR) is 77.8 cm³/mol. The molecule has 0 saturated heterocycles. The molecule has 2 aromatic carbocycles. The number of benzene rings is 2. The van der Waals surface area contributed by atoms with Crippen molar-refractivity contribution in [3.8, 4) is 0 Å². The summed E-state index contributed by atoms with van der Waals surface area (Å²) < 4.78 is 16.0. The van der Waals surface area contributed by atoms with Crippen LogP contribution in [-0.2, 0) is 13.2 Å². The molecule has 19 heavy (non-hydrogen) atoms. The van der Waals surface area contributed by atoms with Crippen LogP contribution in [0, 0.1) is 0 Å². The Morgan fingerprint density at radius 3 is 2.63 bits per heavy atom. The van der Waals surface area contributed by atoms with Crippen LogP contribution in [0.3, 0.4) is 0 Å². The first-order valence-corrected chi connectivity index (χ1v) is 6.80. The van der Waals surface area contributed by atoms with Crippen molar-refractivity contribution in [3.63, 3.8) is 0 Å². The number of aromatic nitrogens is 2. The first-order valence-electron chi connectivity index (χ1n) is 6.01. The maximum absolute atomic E-state index is 12.9. The lowest BCUT2D eigenvalue weighted by Gasteiger charge is -2.05. The average molecular weight is 319 g/mol. The number of halogens is 2. The standard InChI is InChI=1S/C15H12BrFN2/c16-13-6-4-11(5-7-13)9-19-10-18-15-12(8-17)2-1-3-14(15)19/h1-7,10H,8-9H2. The predicted octanol–water partition coefficient (Wildman–Crippen LogP) is 4.32. The van der Waals surface area contributed by atoms with Gasteiger partial charge in [0, 0.05) is 16.6 Å². The summed E-state index contributed by atoms with van der Waals surface area (Å²) in [5.41, 5.74) is 3.56. The second-order valence-corrected chi connectivity index (χ2v) is 5.33. The monoisotopic (exact) mass is 318 g/mol. The van der Waals surface area contributed by atoms with Gasteiger partial charge in [0.25, 0.3) is 0 Å². The van der Waals surface area contributed by atoms with Crippen LogP contribution >= 0.6 is 15.9 Å². The zero-order valence-corrected chi connectivity index (χ0v) is 11.8. The van der Waals surface area contributed by atoms with E-state index in [2.05, 4.69) is 33.0 Å². The van der Waals surface area contributed by atoms with Crippen molar-refractivity contribution >= 4 is 27.0 Å². The van der Waals surface area contributed by atoms with Gasteiger partial charge < -0.3 is 4.57 Å². The Balaban J connectivity index is 1.99. The van der Waals surface area contributed by atoms with Gasteiger partial charge in [-0.1, -0.05) is 40.2 Å². The van der Waals surface area contributed by atoms with E-state index < -0.39 is 6.67 Å². The highest BCUT2D eigenvalue weighted by atomic mass is 79.9. The summed E-state index contributed by atoms with van der Waals surface area (Å²) in [4.78, 5) is 4.32. The van der Waals surface area contributed by atoms with E-state index in [1.54, 1.807) is 12.4 Å². The van der Waals surface area contributed by atoms with Crippen LogP contribution in [0.15, 0.2) is 53.3 Å². The Hall–Kier alpha value is -1.68. The van der Waals surface area contributed by atoms with Gasteiger partial charge in [0.15, 0.2) is 0 Å². The Morgan fingerprint density at radius 2 is 1.89 bits per heavy atom. The number of hydrogen-bond acceptors (Lipinski definition) is 1. The minimum atomic E-state index is -0.480. The Labute approximate surface area is 119 Å². The molecule has 0 spiro atoms. The van der Waals surface area contributed by atoms with Crippen LogP contribution in [0.5, 0.6) is 0 Å². The van der Waals surface area contributed by atoms with E-state index >= 15 is 0 Å². The first-order chi connectivity index (χ1) is 9.28. The van der Waals surface area contributed by atoms with E-state index in [0.29, 0.717) is 5.56 Å². The molecule has 96 valence electrons. The molecular weight excluding hydrogens is 307 g/mol. The molecule has 0 aliphatic heterocycles.